The lowest BCUT2D eigenvalue weighted by molar-refractivity contribution is -0.240. The number of nitrogens with one attached hydrogen (secondary N) is 2. The van der Waals surface area contributed by atoms with E-state index >= 15 is 0 Å². The topological polar surface area (TPSA) is 117 Å². The number of hydrogen-bond donors (Lipinski definition) is 4. The first-order chi connectivity index (χ1) is 23.9. The standard InChI is InChI=1S/C44H70N2O6/c1-38(2,3)52-37(49)45-29(25-27-15-13-12-14-16-27)36(48)46-33-19-21-41(8)31(39(33,4)5)18-23-42(9)32(41)26-30(47)35-28(17-22-43(35,42)10)44(11)24-20-34(51-44)40(6,7)50/h12-16,28-35,47,50H,17-26H2,1-11H3,(H,45,49)(H,46,48)/t28-,29-,30+,31-,32+,33-,34-,35-,41-,42+,43+,44-/m0/s1. The van der Waals surface area contributed by atoms with Crippen molar-refractivity contribution in [1.82, 2.24) is 10.6 Å². The summed E-state index contributed by atoms with van der Waals surface area (Å²) in [5.41, 5.74) is -1.03. The fourth-order valence-electron chi connectivity index (χ4n) is 13.1. The number of benzene rings is 1. The summed E-state index contributed by atoms with van der Waals surface area (Å²) >= 11 is 0. The molecule has 1 aromatic rings. The number of hydrogen-bond acceptors (Lipinski definition) is 6. The van der Waals surface area contributed by atoms with Crippen LogP contribution in [-0.2, 0) is 20.7 Å². The van der Waals surface area contributed by atoms with E-state index < -0.39 is 29.4 Å². The molecule has 0 spiro atoms. The van der Waals surface area contributed by atoms with Gasteiger partial charge in [-0.1, -0.05) is 65.0 Å². The molecule has 5 aliphatic rings. The van der Waals surface area contributed by atoms with Crippen molar-refractivity contribution in [3.05, 3.63) is 35.9 Å². The predicted octanol–water partition coefficient (Wildman–Crippen LogP) is 7.97. The van der Waals surface area contributed by atoms with Crippen molar-refractivity contribution in [1.29, 1.82) is 0 Å². The maximum Gasteiger partial charge on any atom is 0.408 e. The summed E-state index contributed by atoms with van der Waals surface area (Å²) < 4.78 is 12.3. The van der Waals surface area contributed by atoms with Crippen molar-refractivity contribution in [3.63, 3.8) is 0 Å². The number of ether oxygens (including phenoxy) is 2. The van der Waals surface area contributed by atoms with Gasteiger partial charge in [0.25, 0.3) is 0 Å². The van der Waals surface area contributed by atoms with Gasteiger partial charge in [-0.05, 0) is 150 Å². The second-order valence-electron chi connectivity index (χ2n) is 20.9. The van der Waals surface area contributed by atoms with Gasteiger partial charge in [0, 0.05) is 12.5 Å². The zero-order valence-electron chi connectivity index (χ0n) is 34.1. The van der Waals surface area contributed by atoms with Gasteiger partial charge in [-0.2, -0.15) is 0 Å². The molecular weight excluding hydrogens is 652 g/mol. The Morgan fingerprint density at radius 3 is 2.15 bits per heavy atom. The highest BCUT2D eigenvalue weighted by molar-refractivity contribution is 5.86. The van der Waals surface area contributed by atoms with E-state index in [2.05, 4.69) is 52.2 Å². The minimum absolute atomic E-state index is 0.0135. The van der Waals surface area contributed by atoms with Crippen LogP contribution in [0, 0.1) is 45.3 Å². The number of alkyl carbamates (subject to hydrolysis) is 1. The number of amides is 2. The van der Waals surface area contributed by atoms with E-state index in [0.717, 1.165) is 63.4 Å². The SMILES string of the molecule is CC(C)(C)OC(=O)N[C@@H](Cc1ccccc1)C(=O)N[C@H]1CC[C@]2(C)[C@H]3C[C@@H](O)[C@@H]4[C@@H]([C@]5(C)CC[C@@H](C(C)(C)O)O5)CC[C@@]4(C)[C@]3(C)CC[C@H]2C1(C)C. The van der Waals surface area contributed by atoms with Crippen LogP contribution >= 0.6 is 0 Å². The minimum Gasteiger partial charge on any atom is -0.444 e. The average Bonchev–Trinajstić information content (AvgIpc) is 3.62. The van der Waals surface area contributed by atoms with Crippen LogP contribution in [-0.4, -0.2) is 63.3 Å². The number of aliphatic hydroxyl groups excluding tert-OH is 1. The Morgan fingerprint density at radius 2 is 1.54 bits per heavy atom. The van der Waals surface area contributed by atoms with E-state index in [-0.39, 0.29) is 57.1 Å². The first kappa shape index (κ1) is 39.5. The summed E-state index contributed by atoms with van der Waals surface area (Å²) in [5.74, 6) is 1.000. The van der Waals surface area contributed by atoms with Gasteiger partial charge < -0.3 is 30.3 Å². The van der Waals surface area contributed by atoms with E-state index in [4.69, 9.17) is 9.47 Å². The smallest absolute Gasteiger partial charge is 0.408 e. The van der Waals surface area contributed by atoms with E-state index in [0.29, 0.717) is 18.3 Å². The Balaban J connectivity index is 1.21. The van der Waals surface area contributed by atoms with E-state index in [1.807, 2.05) is 65.0 Å². The quantitative estimate of drug-likeness (QED) is 0.227. The average molecular weight is 723 g/mol. The lowest BCUT2D eigenvalue weighted by atomic mass is 9.35. The molecule has 1 aromatic carbocycles. The Bertz CT molecular complexity index is 1480. The van der Waals surface area contributed by atoms with E-state index in [1.54, 1.807) is 0 Å². The molecule has 4 N–H and O–H groups in total. The van der Waals surface area contributed by atoms with Crippen molar-refractivity contribution < 1.29 is 29.3 Å². The molecule has 0 radical (unpaired) electrons. The van der Waals surface area contributed by atoms with Crippen molar-refractivity contribution in [2.24, 2.45) is 45.3 Å². The first-order valence-corrected chi connectivity index (χ1v) is 20.4. The fraction of sp³-hybridized carbons (Fsp3) is 0.818. The van der Waals surface area contributed by atoms with Gasteiger partial charge in [0.1, 0.15) is 11.6 Å². The summed E-state index contributed by atoms with van der Waals surface area (Å²) in [6.07, 6.45) is 7.97. The highest BCUT2D eigenvalue weighted by Crippen LogP contribution is 2.76. The van der Waals surface area contributed by atoms with Gasteiger partial charge in [-0.15, -0.1) is 0 Å². The summed E-state index contributed by atoms with van der Waals surface area (Å²) in [5, 5.41) is 29.4. The molecule has 0 unspecified atom stereocenters. The van der Waals surface area contributed by atoms with Gasteiger partial charge in [-0.25, -0.2) is 4.79 Å². The van der Waals surface area contributed by atoms with Gasteiger partial charge in [-0.3, -0.25) is 4.79 Å². The summed E-state index contributed by atoms with van der Waals surface area (Å²) in [7, 11) is 0. The molecule has 8 heteroatoms. The van der Waals surface area contributed by atoms with E-state index in [9.17, 15) is 19.8 Å². The molecule has 12 atom stereocenters. The molecule has 4 saturated carbocycles. The Morgan fingerprint density at radius 1 is 0.885 bits per heavy atom. The molecule has 0 aromatic heterocycles. The number of fused-ring (bicyclic) bond motifs is 5. The largest absolute Gasteiger partial charge is 0.444 e. The van der Waals surface area contributed by atoms with Crippen LogP contribution < -0.4 is 10.6 Å². The number of aliphatic hydroxyl groups is 2. The second-order valence-corrected chi connectivity index (χ2v) is 20.9. The van der Waals surface area contributed by atoms with Crippen molar-refractivity contribution >= 4 is 12.0 Å². The Labute approximate surface area is 314 Å². The second kappa shape index (κ2) is 13.3. The predicted molar refractivity (Wildman–Crippen MR) is 204 cm³/mol. The fourth-order valence-corrected chi connectivity index (χ4v) is 13.1. The lowest BCUT2D eigenvalue weighted by Gasteiger charge is -2.71. The Hall–Kier alpha value is -2.16. The van der Waals surface area contributed by atoms with Crippen LogP contribution in [0.25, 0.3) is 0 Å². The zero-order valence-corrected chi connectivity index (χ0v) is 34.1. The summed E-state index contributed by atoms with van der Waals surface area (Å²) in [6.45, 7) is 23.6. The van der Waals surface area contributed by atoms with Gasteiger partial charge in [0.2, 0.25) is 5.91 Å². The van der Waals surface area contributed by atoms with Gasteiger partial charge in [0.15, 0.2) is 0 Å². The van der Waals surface area contributed by atoms with Crippen LogP contribution in [0.15, 0.2) is 30.3 Å². The molecule has 1 saturated heterocycles. The van der Waals surface area contributed by atoms with Gasteiger partial charge in [0.05, 0.1) is 23.4 Å². The molecule has 1 aliphatic heterocycles. The van der Waals surface area contributed by atoms with E-state index in [1.165, 1.54) is 0 Å². The van der Waals surface area contributed by atoms with Crippen molar-refractivity contribution in [2.75, 3.05) is 0 Å². The van der Waals surface area contributed by atoms with Crippen molar-refractivity contribution in [2.45, 2.75) is 181 Å². The normalized spacial score (nSPS) is 42.0. The van der Waals surface area contributed by atoms with Crippen LogP contribution in [0.1, 0.15) is 140 Å². The lowest BCUT2D eigenvalue weighted by Crippen LogP contribution is -2.68. The molecule has 5 fully saturated rings. The zero-order chi connectivity index (χ0) is 38.3. The van der Waals surface area contributed by atoms with Crippen LogP contribution in [0.4, 0.5) is 4.79 Å². The van der Waals surface area contributed by atoms with Crippen LogP contribution in [0.3, 0.4) is 0 Å². The molecule has 6 rings (SSSR count). The maximum absolute atomic E-state index is 14.1. The van der Waals surface area contributed by atoms with Crippen LogP contribution in [0.2, 0.25) is 0 Å². The third-order valence-electron chi connectivity index (χ3n) is 15.9. The van der Waals surface area contributed by atoms with Crippen molar-refractivity contribution in [3.8, 4) is 0 Å². The minimum atomic E-state index is -0.878. The maximum atomic E-state index is 14.1. The highest BCUT2D eigenvalue weighted by Gasteiger charge is 2.72. The molecule has 4 aliphatic carbocycles. The van der Waals surface area contributed by atoms with Gasteiger partial charge >= 0.3 is 6.09 Å². The number of carbonyl (C=O) groups excluding carboxylic acids is 2. The summed E-state index contributed by atoms with van der Waals surface area (Å²) in [4.78, 5) is 27.1. The number of rotatable bonds is 7. The Kier molecular flexibility index (Phi) is 10.1. The van der Waals surface area contributed by atoms with Crippen LogP contribution in [0.5, 0.6) is 0 Å². The summed E-state index contributed by atoms with van der Waals surface area (Å²) in [6, 6.07) is 9.01. The molecule has 292 valence electrons. The first-order valence-electron chi connectivity index (χ1n) is 20.4. The molecule has 1 heterocycles. The molecule has 52 heavy (non-hydrogen) atoms. The molecule has 8 nitrogen and oxygen atoms in total. The molecular formula is C44H70N2O6. The third-order valence-corrected chi connectivity index (χ3v) is 15.9. The number of carbonyl (C=O) groups is 2. The monoisotopic (exact) mass is 723 g/mol. The molecule has 2 amide bonds. The third kappa shape index (κ3) is 6.73. The molecule has 0 bridgehead atoms. The highest BCUT2D eigenvalue weighted by atomic mass is 16.6.